The smallest absolute Gasteiger partial charge is 0.294 e. The van der Waals surface area contributed by atoms with Gasteiger partial charge in [0, 0.05) is 12.1 Å². The average Bonchev–Trinajstić information content (AvgIpc) is 3.13. The van der Waals surface area contributed by atoms with E-state index in [0.717, 1.165) is 12.8 Å². The van der Waals surface area contributed by atoms with Gasteiger partial charge in [0.15, 0.2) is 6.61 Å². The second-order valence-electron chi connectivity index (χ2n) is 6.66. The van der Waals surface area contributed by atoms with E-state index in [-0.39, 0.29) is 12.5 Å². The van der Waals surface area contributed by atoms with Gasteiger partial charge < -0.3 is 19.5 Å². The summed E-state index contributed by atoms with van der Waals surface area (Å²) in [6.45, 7) is -0.0657. The van der Waals surface area contributed by atoms with Crippen LogP contribution in [-0.2, 0) is 4.79 Å². The number of nitrogens with zero attached hydrogens (tertiary/aromatic N) is 5. The highest BCUT2D eigenvalue weighted by atomic mass is 32.1. The lowest BCUT2D eigenvalue weighted by atomic mass is 10.3. The van der Waals surface area contributed by atoms with E-state index in [9.17, 15) is 4.79 Å². The summed E-state index contributed by atoms with van der Waals surface area (Å²) in [4.78, 5) is 17.3. The standard InChI is InChI=1S/C18H18N6O4S/c1-26-11-5-15(28-9-16(25)19-10-3-4-10)14-6-12(21-23(14)7-11)13-8-24-17(20-13)29-18(22-24)27-2/h5-8,10H,3-4,9H2,1-2H3,(H,19,25). The maximum atomic E-state index is 12.0. The average molecular weight is 414 g/mol. The highest BCUT2D eigenvalue weighted by Crippen LogP contribution is 2.30. The lowest BCUT2D eigenvalue weighted by Gasteiger charge is -2.09. The summed E-state index contributed by atoms with van der Waals surface area (Å²) in [5.74, 6) is 0.944. The fourth-order valence-electron chi connectivity index (χ4n) is 2.92. The molecule has 1 N–H and O–H groups in total. The van der Waals surface area contributed by atoms with Gasteiger partial charge in [-0.05, 0) is 30.2 Å². The van der Waals surface area contributed by atoms with Crippen molar-refractivity contribution < 1.29 is 19.0 Å². The minimum atomic E-state index is -0.137. The van der Waals surface area contributed by atoms with Crippen LogP contribution in [0.4, 0.5) is 0 Å². The van der Waals surface area contributed by atoms with Crippen LogP contribution in [0.5, 0.6) is 16.7 Å². The highest BCUT2D eigenvalue weighted by molar-refractivity contribution is 7.18. The van der Waals surface area contributed by atoms with E-state index in [1.54, 1.807) is 41.7 Å². The largest absolute Gasteiger partial charge is 0.495 e. The Bertz CT molecular complexity index is 1180. The summed E-state index contributed by atoms with van der Waals surface area (Å²) in [5, 5.41) is 12.3. The van der Waals surface area contributed by atoms with E-state index in [0.29, 0.717) is 44.6 Å². The van der Waals surface area contributed by atoms with Gasteiger partial charge >= 0.3 is 0 Å². The predicted octanol–water partition coefficient (Wildman–Crippen LogP) is 1.78. The topological polar surface area (TPSA) is 104 Å². The summed E-state index contributed by atoms with van der Waals surface area (Å²) in [6.07, 6.45) is 5.60. The summed E-state index contributed by atoms with van der Waals surface area (Å²) < 4.78 is 19.5. The van der Waals surface area contributed by atoms with Crippen molar-refractivity contribution in [3.8, 4) is 28.1 Å². The van der Waals surface area contributed by atoms with Crippen molar-refractivity contribution in [2.75, 3.05) is 20.8 Å². The van der Waals surface area contributed by atoms with Gasteiger partial charge in [0.1, 0.15) is 28.4 Å². The van der Waals surface area contributed by atoms with Gasteiger partial charge in [-0.3, -0.25) is 4.79 Å². The van der Waals surface area contributed by atoms with Gasteiger partial charge in [-0.1, -0.05) is 0 Å². The molecule has 1 saturated carbocycles. The number of fused-ring (bicyclic) bond motifs is 2. The van der Waals surface area contributed by atoms with E-state index < -0.39 is 0 Å². The monoisotopic (exact) mass is 414 g/mol. The first-order valence-electron chi connectivity index (χ1n) is 9.03. The third-order valence-corrected chi connectivity index (χ3v) is 5.39. The molecule has 4 heterocycles. The quantitative estimate of drug-likeness (QED) is 0.491. The van der Waals surface area contributed by atoms with Crippen LogP contribution >= 0.6 is 11.3 Å². The molecule has 1 fully saturated rings. The van der Waals surface area contributed by atoms with Crippen LogP contribution in [0.15, 0.2) is 24.5 Å². The number of rotatable bonds is 7. The molecule has 4 aromatic heterocycles. The van der Waals surface area contributed by atoms with Gasteiger partial charge in [-0.15, -0.1) is 5.10 Å². The molecule has 11 heteroatoms. The fourth-order valence-corrected chi connectivity index (χ4v) is 3.62. The van der Waals surface area contributed by atoms with Crippen molar-refractivity contribution in [3.05, 3.63) is 24.5 Å². The number of imidazole rings is 1. The molecule has 1 amide bonds. The Balaban J connectivity index is 1.46. The zero-order chi connectivity index (χ0) is 20.0. The molecule has 4 aromatic rings. The number of nitrogens with one attached hydrogen (secondary N) is 1. The Labute approximate surface area is 169 Å². The molecule has 29 heavy (non-hydrogen) atoms. The van der Waals surface area contributed by atoms with Crippen molar-refractivity contribution >= 4 is 27.7 Å². The second kappa shape index (κ2) is 6.92. The summed E-state index contributed by atoms with van der Waals surface area (Å²) in [5.41, 5.74) is 2.04. The number of amides is 1. The van der Waals surface area contributed by atoms with Crippen LogP contribution in [0.3, 0.4) is 0 Å². The molecule has 0 atom stereocenters. The molecule has 0 unspecified atom stereocenters. The van der Waals surface area contributed by atoms with Crippen molar-refractivity contribution in [3.63, 3.8) is 0 Å². The fraction of sp³-hybridized carbons (Fsp3) is 0.333. The van der Waals surface area contributed by atoms with E-state index in [1.807, 2.05) is 6.07 Å². The van der Waals surface area contributed by atoms with Crippen LogP contribution in [-0.4, -0.2) is 57.0 Å². The molecule has 0 aromatic carbocycles. The number of hydrogen-bond donors (Lipinski definition) is 1. The van der Waals surface area contributed by atoms with Gasteiger partial charge in [-0.2, -0.15) is 5.10 Å². The van der Waals surface area contributed by atoms with E-state index >= 15 is 0 Å². The summed E-state index contributed by atoms with van der Waals surface area (Å²) in [6, 6.07) is 3.89. The zero-order valence-electron chi connectivity index (χ0n) is 15.8. The molecule has 0 spiro atoms. The van der Waals surface area contributed by atoms with Crippen LogP contribution in [0, 0.1) is 0 Å². The third kappa shape index (κ3) is 3.44. The van der Waals surface area contributed by atoms with Crippen LogP contribution in [0.2, 0.25) is 0 Å². The molecule has 0 bridgehead atoms. The van der Waals surface area contributed by atoms with Gasteiger partial charge in [0.2, 0.25) is 4.96 Å². The van der Waals surface area contributed by atoms with Crippen molar-refractivity contribution in [1.29, 1.82) is 0 Å². The minimum Gasteiger partial charge on any atom is -0.495 e. The SMILES string of the molecule is COc1cc(OCC(=O)NC2CC2)c2cc(-c3cn4nc(OC)sc4n3)nn2c1. The van der Waals surface area contributed by atoms with Crippen molar-refractivity contribution in [2.45, 2.75) is 18.9 Å². The van der Waals surface area contributed by atoms with Crippen LogP contribution < -0.4 is 19.5 Å². The maximum Gasteiger partial charge on any atom is 0.294 e. The lowest BCUT2D eigenvalue weighted by Crippen LogP contribution is -2.30. The lowest BCUT2D eigenvalue weighted by molar-refractivity contribution is -0.123. The third-order valence-electron chi connectivity index (χ3n) is 4.51. The van der Waals surface area contributed by atoms with Crippen molar-refractivity contribution in [1.82, 2.24) is 29.5 Å². The zero-order valence-corrected chi connectivity index (χ0v) is 16.6. The Kier molecular flexibility index (Phi) is 4.23. The first-order valence-corrected chi connectivity index (χ1v) is 9.85. The minimum absolute atomic E-state index is 0.0657. The molecule has 10 nitrogen and oxygen atoms in total. The van der Waals surface area contributed by atoms with Gasteiger partial charge in [-0.25, -0.2) is 14.0 Å². The highest BCUT2D eigenvalue weighted by Gasteiger charge is 2.23. The Hall–Kier alpha value is -3.34. The number of carbonyl (C=O) groups excluding carboxylic acids is 1. The van der Waals surface area contributed by atoms with Gasteiger partial charge in [0.05, 0.1) is 26.6 Å². The molecule has 0 saturated heterocycles. The van der Waals surface area contributed by atoms with Crippen LogP contribution in [0.25, 0.3) is 21.9 Å². The second-order valence-corrected chi connectivity index (χ2v) is 7.58. The van der Waals surface area contributed by atoms with E-state index in [1.165, 1.54) is 11.3 Å². The molecule has 150 valence electrons. The number of ether oxygens (including phenoxy) is 3. The molecule has 5 rings (SSSR count). The summed E-state index contributed by atoms with van der Waals surface area (Å²) >= 11 is 1.34. The molecule has 0 radical (unpaired) electrons. The Morgan fingerprint density at radius 2 is 2.03 bits per heavy atom. The normalized spacial score (nSPS) is 13.7. The summed E-state index contributed by atoms with van der Waals surface area (Å²) in [7, 11) is 3.14. The molecular formula is C18H18N6O4S. The van der Waals surface area contributed by atoms with Gasteiger partial charge in [0.25, 0.3) is 11.1 Å². The first kappa shape index (κ1) is 17.7. The Morgan fingerprint density at radius 1 is 1.17 bits per heavy atom. The van der Waals surface area contributed by atoms with E-state index in [4.69, 9.17) is 14.2 Å². The number of pyridine rings is 1. The van der Waals surface area contributed by atoms with E-state index in [2.05, 4.69) is 20.5 Å². The maximum absolute atomic E-state index is 12.0. The number of carbonyl (C=O) groups is 1. The first-order chi connectivity index (χ1) is 14.1. The molecular weight excluding hydrogens is 396 g/mol. The Morgan fingerprint density at radius 3 is 2.76 bits per heavy atom. The number of hydrogen-bond acceptors (Lipinski definition) is 8. The number of methoxy groups -OCH3 is 2. The van der Waals surface area contributed by atoms with Crippen molar-refractivity contribution in [2.24, 2.45) is 0 Å². The molecule has 0 aliphatic heterocycles. The molecule has 1 aliphatic carbocycles. The van der Waals surface area contributed by atoms with Crippen LogP contribution in [0.1, 0.15) is 12.8 Å². The number of aromatic nitrogens is 5. The molecule has 1 aliphatic rings. The predicted molar refractivity (Wildman–Crippen MR) is 105 cm³/mol.